The summed E-state index contributed by atoms with van der Waals surface area (Å²) in [6.45, 7) is 10.0. The van der Waals surface area contributed by atoms with Crippen molar-refractivity contribution in [1.82, 2.24) is 10.6 Å². The molecular formula is C12H27ClN2O. The molecule has 0 radical (unpaired) electrons. The van der Waals surface area contributed by atoms with Crippen LogP contribution in [0.2, 0.25) is 0 Å². The molecule has 0 amide bonds. The monoisotopic (exact) mass is 250 g/mol. The van der Waals surface area contributed by atoms with E-state index in [9.17, 15) is 5.11 Å². The molecular weight excluding hydrogens is 224 g/mol. The van der Waals surface area contributed by atoms with Crippen LogP contribution in [-0.4, -0.2) is 37.4 Å². The molecule has 16 heavy (non-hydrogen) atoms. The second-order valence-corrected chi connectivity index (χ2v) is 5.72. The minimum atomic E-state index is 0. The van der Waals surface area contributed by atoms with E-state index in [-0.39, 0.29) is 30.5 Å². The molecule has 1 rings (SSSR count). The third-order valence-electron chi connectivity index (χ3n) is 3.28. The van der Waals surface area contributed by atoms with Crippen LogP contribution in [0.25, 0.3) is 0 Å². The highest BCUT2D eigenvalue weighted by Crippen LogP contribution is 2.19. The first-order chi connectivity index (χ1) is 7.04. The average molecular weight is 251 g/mol. The SMILES string of the molecule is CC(C)(C)[C@@H](CO)NCC1CCCNC1.Cl. The maximum Gasteiger partial charge on any atom is 0.0589 e. The van der Waals surface area contributed by atoms with Crippen molar-refractivity contribution in [3.63, 3.8) is 0 Å². The summed E-state index contributed by atoms with van der Waals surface area (Å²) in [6.07, 6.45) is 2.59. The molecule has 0 aromatic carbocycles. The van der Waals surface area contributed by atoms with E-state index in [0.29, 0.717) is 0 Å². The Kier molecular flexibility index (Phi) is 7.57. The zero-order chi connectivity index (χ0) is 11.3. The van der Waals surface area contributed by atoms with Gasteiger partial charge in [0.15, 0.2) is 0 Å². The zero-order valence-corrected chi connectivity index (χ0v) is 11.6. The maximum absolute atomic E-state index is 9.31. The zero-order valence-electron chi connectivity index (χ0n) is 10.8. The fraction of sp³-hybridized carbons (Fsp3) is 1.00. The van der Waals surface area contributed by atoms with Gasteiger partial charge in [-0.25, -0.2) is 0 Å². The molecule has 1 aliphatic heterocycles. The first kappa shape index (κ1) is 16.2. The first-order valence-electron chi connectivity index (χ1n) is 6.09. The van der Waals surface area contributed by atoms with E-state index in [1.807, 2.05) is 0 Å². The summed E-state index contributed by atoms with van der Waals surface area (Å²) in [5.41, 5.74) is 0.136. The molecule has 2 atom stereocenters. The Bertz CT molecular complexity index is 176. The van der Waals surface area contributed by atoms with Gasteiger partial charge in [-0.15, -0.1) is 12.4 Å². The highest BCUT2D eigenvalue weighted by molar-refractivity contribution is 5.85. The smallest absolute Gasteiger partial charge is 0.0589 e. The summed E-state index contributed by atoms with van der Waals surface area (Å²) in [6, 6.07) is 0.208. The summed E-state index contributed by atoms with van der Waals surface area (Å²) < 4.78 is 0. The predicted octanol–water partition coefficient (Wildman–Crippen LogP) is 1.40. The van der Waals surface area contributed by atoms with Crippen LogP contribution < -0.4 is 10.6 Å². The Morgan fingerprint density at radius 3 is 2.56 bits per heavy atom. The number of nitrogens with one attached hydrogen (secondary N) is 2. The Balaban J connectivity index is 0.00000225. The summed E-state index contributed by atoms with van der Waals surface area (Å²) in [5.74, 6) is 0.732. The number of aliphatic hydroxyl groups is 1. The van der Waals surface area contributed by atoms with Gasteiger partial charge >= 0.3 is 0 Å². The normalized spacial score (nSPS) is 23.6. The van der Waals surface area contributed by atoms with Crippen molar-refractivity contribution in [3.8, 4) is 0 Å². The lowest BCUT2D eigenvalue weighted by molar-refractivity contribution is 0.152. The first-order valence-corrected chi connectivity index (χ1v) is 6.09. The van der Waals surface area contributed by atoms with Gasteiger partial charge in [-0.2, -0.15) is 0 Å². The van der Waals surface area contributed by atoms with Gasteiger partial charge in [0.25, 0.3) is 0 Å². The molecule has 0 bridgehead atoms. The molecule has 3 N–H and O–H groups in total. The molecule has 0 aromatic rings. The van der Waals surface area contributed by atoms with Gasteiger partial charge < -0.3 is 15.7 Å². The second-order valence-electron chi connectivity index (χ2n) is 5.72. The Morgan fingerprint density at radius 2 is 2.12 bits per heavy atom. The van der Waals surface area contributed by atoms with E-state index in [1.165, 1.54) is 19.4 Å². The fourth-order valence-electron chi connectivity index (χ4n) is 2.05. The van der Waals surface area contributed by atoms with Gasteiger partial charge in [0.2, 0.25) is 0 Å². The molecule has 4 heteroatoms. The number of piperidine rings is 1. The van der Waals surface area contributed by atoms with Crippen LogP contribution in [0.1, 0.15) is 33.6 Å². The van der Waals surface area contributed by atoms with Gasteiger partial charge in [0.1, 0.15) is 0 Å². The molecule has 0 aromatic heterocycles. The van der Waals surface area contributed by atoms with E-state index in [0.717, 1.165) is 19.0 Å². The Morgan fingerprint density at radius 1 is 1.44 bits per heavy atom. The van der Waals surface area contributed by atoms with E-state index >= 15 is 0 Å². The highest BCUT2D eigenvalue weighted by Gasteiger charge is 2.24. The molecule has 0 aliphatic carbocycles. The van der Waals surface area contributed by atoms with Crippen LogP contribution >= 0.6 is 12.4 Å². The summed E-state index contributed by atoms with van der Waals surface area (Å²) in [5, 5.41) is 16.2. The lowest BCUT2D eigenvalue weighted by Gasteiger charge is -2.32. The van der Waals surface area contributed by atoms with E-state index < -0.39 is 0 Å². The molecule has 1 fully saturated rings. The van der Waals surface area contributed by atoms with Crippen LogP contribution in [0.3, 0.4) is 0 Å². The minimum absolute atomic E-state index is 0. The lowest BCUT2D eigenvalue weighted by atomic mass is 9.86. The fourth-order valence-corrected chi connectivity index (χ4v) is 2.05. The quantitative estimate of drug-likeness (QED) is 0.707. The predicted molar refractivity (Wildman–Crippen MR) is 71.2 cm³/mol. The van der Waals surface area contributed by atoms with Crippen LogP contribution in [0, 0.1) is 11.3 Å². The molecule has 1 aliphatic rings. The van der Waals surface area contributed by atoms with Crippen molar-refractivity contribution in [2.45, 2.75) is 39.7 Å². The maximum atomic E-state index is 9.31. The van der Waals surface area contributed by atoms with Crippen molar-refractivity contribution < 1.29 is 5.11 Å². The molecule has 1 heterocycles. The van der Waals surface area contributed by atoms with Gasteiger partial charge in [-0.1, -0.05) is 20.8 Å². The van der Waals surface area contributed by atoms with E-state index in [4.69, 9.17) is 0 Å². The van der Waals surface area contributed by atoms with E-state index in [2.05, 4.69) is 31.4 Å². The highest BCUT2D eigenvalue weighted by atomic mass is 35.5. The van der Waals surface area contributed by atoms with Crippen molar-refractivity contribution >= 4 is 12.4 Å². The van der Waals surface area contributed by atoms with Crippen molar-refractivity contribution in [1.29, 1.82) is 0 Å². The van der Waals surface area contributed by atoms with Crippen LogP contribution in [0.4, 0.5) is 0 Å². The Hall–Kier alpha value is 0.170. The van der Waals surface area contributed by atoms with Crippen LogP contribution in [-0.2, 0) is 0 Å². The standard InChI is InChI=1S/C12H26N2O.ClH/c1-12(2,3)11(9-15)14-8-10-5-4-6-13-7-10;/h10-11,13-15H,4-9H2,1-3H3;1H/t10?,11-;/m1./s1. The third kappa shape index (κ3) is 5.48. The van der Waals surface area contributed by atoms with Gasteiger partial charge in [-0.05, 0) is 43.8 Å². The largest absolute Gasteiger partial charge is 0.395 e. The molecule has 1 saturated heterocycles. The van der Waals surface area contributed by atoms with Gasteiger partial charge in [-0.3, -0.25) is 0 Å². The average Bonchev–Trinajstić information content (AvgIpc) is 2.18. The molecule has 98 valence electrons. The molecule has 0 spiro atoms. The van der Waals surface area contributed by atoms with Crippen LogP contribution in [0.15, 0.2) is 0 Å². The topological polar surface area (TPSA) is 44.3 Å². The van der Waals surface area contributed by atoms with Crippen molar-refractivity contribution in [2.75, 3.05) is 26.2 Å². The number of aliphatic hydroxyl groups excluding tert-OH is 1. The summed E-state index contributed by atoms with van der Waals surface area (Å²) in [7, 11) is 0. The number of hydrogen-bond donors (Lipinski definition) is 3. The summed E-state index contributed by atoms with van der Waals surface area (Å²) in [4.78, 5) is 0. The third-order valence-corrected chi connectivity index (χ3v) is 3.28. The molecule has 1 unspecified atom stereocenters. The van der Waals surface area contributed by atoms with Crippen LogP contribution in [0.5, 0.6) is 0 Å². The summed E-state index contributed by atoms with van der Waals surface area (Å²) >= 11 is 0. The van der Waals surface area contributed by atoms with Crippen molar-refractivity contribution in [2.24, 2.45) is 11.3 Å². The number of hydrogen-bond acceptors (Lipinski definition) is 3. The van der Waals surface area contributed by atoms with E-state index in [1.54, 1.807) is 0 Å². The lowest BCUT2D eigenvalue weighted by Crippen LogP contribution is -2.47. The Labute approximate surface area is 106 Å². The number of halogens is 1. The molecule has 3 nitrogen and oxygen atoms in total. The second kappa shape index (κ2) is 7.49. The molecule has 0 saturated carbocycles. The van der Waals surface area contributed by atoms with Gasteiger partial charge in [0.05, 0.1) is 6.61 Å². The van der Waals surface area contributed by atoms with Crippen molar-refractivity contribution in [3.05, 3.63) is 0 Å². The van der Waals surface area contributed by atoms with Gasteiger partial charge in [0, 0.05) is 6.04 Å². The minimum Gasteiger partial charge on any atom is -0.395 e. The number of rotatable bonds is 4.